The highest BCUT2D eigenvalue weighted by Crippen LogP contribution is 2.27. The molecule has 0 radical (unpaired) electrons. The quantitative estimate of drug-likeness (QED) is 0.634. The molecule has 0 saturated heterocycles. The Bertz CT molecular complexity index is 473. The molecule has 0 amide bonds. The summed E-state index contributed by atoms with van der Waals surface area (Å²) in [5.74, 6) is 0. The Morgan fingerprint density at radius 1 is 0.895 bits per heavy atom. The highest BCUT2D eigenvalue weighted by atomic mass is 31.0. The van der Waals surface area contributed by atoms with Crippen LogP contribution in [0.25, 0.3) is 0 Å². The van der Waals surface area contributed by atoms with Crippen LogP contribution in [0.5, 0.6) is 0 Å². The maximum Gasteiger partial charge on any atom is 0.00257 e. The topological polar surface area (TPSA) is 0 Å². The predicted octanol–water partition coefficient (Wildman–Crippen LogP) is 5.19. The van der Waals surface area contributed by atoms with Gasteiger partial charge < -0.3 is 0 Å². The van der Waals surface area contributed by atoms with E-state index in [1.807, 2.05) is 0 Å². The minimum absolute atomic E-state index is 0.502. The molecular weight excluding hydrogens is 247 g/mol. The van der Waals surface area contributed by atoms with Crippen molar-refractivity contribution in [2.45, 2.75) is 38.3 Å². The van der Waals surface area contributed by atoms with E-state index in [2.05, 4.69) is 70.8 Å². The fourth-order valence-corrected chi connectivity index (χ4v) is 2.79. The molecule has 2 atom stereocenters. The van der Waals surface area contributed by atoms with E-state index in [1.165, 1.54) is 36.0 Å². The van der Waals surface area contributed by atoms with Crippen LogP contribution >= 0.6 is 9.24 Å². The zero-order valence-corrected chi connectivity index (χ0v) is 12.8. The van der Waals surface area contributed by atoms with Gasteiger partial charge in [-0.15, -0.1) is 9.24 Å². The number of aryl methyl sites for hydroxylation is 1. The summed E-state index contributed by atoms with van der Waals surface area (Å²) in [6.45, 7) is 2.24. The van der Waals surface area contributed by atoms with E-state index in [1.54, 1.807) is 0 Å². The molecule has 0 heterocycles. The molecule has 2 aromatic carbocycles. The minimum atomic E-state index is 0.502. The van der Waals surface area contributed by atoms with E-state index in [0.29, 0.717) is 5.66 Å². The van der Waals surface area contributed by atoms with Crippen LogP contribution in [0.1, 0.15) is 42.1 Å². The second-order valence-electron chi connectivity index (χ2n) is 5.14. The average molecular weight is 270 g/mol. The SMILES string of the molecule is CCCCc1ccc(C(P)Cc2ccccc2)cc1. The van der Waals surface area contributed by atoms with Crippen molar-refractivity contribution in [1.29, 1.82) is 0 Å². The smallest absolute Gasteiger partial charge is 0.00257 e. The van der Waals surface area contributed by atoms with Gasteiger partial charge in [-0.25, -0.2) is 0 Å². The Balaban J connectivity index is 1.97. The lowest BCUT2D eigenvalue weighted by atomic mass is 10.0. The minimum Gasteiger partial charge on any atom is -0.129 e. The van der Waals surface area contributed by atoms with Crippen molar-refractivity contribution in [2.24, 2.45) is 0 Å². The molecule has 0 fully saturated rings. The Morgan fingerprint density at radius 3 is 2.21 bits per heavy atom. The van der Waals surface area contributed by atoms with Crippen LogP contribution < -0.4 is 0 Å². The van der Waals surface area contributed by atoms with Crippen molar-refractivity contribution >= 4 is 9.24 Å². The molecule has 100 valence electrons. The van der Waals surface area contributed by atoms with Gasteiger partial charge in [-0.3, -0.25) is 0 Å². The third kappa shape index (κ3) is 4.48. The van der Waals surface area contributed by atoms with Crippen molar-refractivity contribution in [1.82, 2.24) is 0 Å². The second-order valence-corrected chi connectivity index (χ2v) is 5.95. The molecule has 0 aromatic heterocycles. The van der Waals surface area contributed by atoms with Gasteiger partial charge in [0.05, 0.1) is 0 Å². The summed E-state index contributed by atoms with van der Waals surface area (Å²) in [5, 5.41) is 0. The van der Waals surface area contributed by atoms with E-state index in [0.717, 1.165) is 6.42 Å². The highest BCUT2D eigenvalue weighted by Gasteiger charge is 2.06. The summed E-state index contributed by atoms with van der Waals surface area (Å²) in [7, 11) is 2.97. The van der Waals surface area contributed by atoms with E-state index in [-0.39, 0.29) is 0 Å². The maximum atomic E-state index is 2.97. The van der Waals surface area contributed by atoms with Gasteiger partial charge in [0.25, 0.3) is 0 Å². The molecule has 2 aromatic rings. The molecule has 1 heteroatoms. The van der Waals surface area contributed by atoms with E-state index in [4.69, 9.17) is 0 Å². The van der Waals surface area contributed by atoms with Gasteiger partial charge in [0.2, 0.25) is 0 Å². The van der Waals surface area contributed by atoms with Gasteiger partial charge >= 0.3 is 0 Å². The standard InChI is InChI=1S/C18H23P/c1-2-3-7-15-10-12-17(13-11-15)18(19)14-16-8-5-4-6-9-16/h4-6,8-13,18H,2-3,7,14,19H2,1H3. The first kappa shape index (κ1) is 14.3. The van der Waals surface area contributed by atoms with Crippen molar-refractivity contribution in [3.05, 3.63) is 71.3 Å². The molecule has 0 N–H and O–H groups in total. The molecule has 0 spiro atoms. The number of hydrogen-bond acceptors (Lipinski definition) is 0. The van der Waals surface area contributed by atoms with Crippen LogP contribution in [-0.4, -0.2) is 0 Å². The lowest BCUT2D eigenvalue weighted by molar-refractivity contribution is 0.794. The predicted molar refractivity (Wildman–Crippen MR) is 87.7 cm³/mol. The molecule has 19 heavy (non-hydrogen) atoms. The molecule has 0 bridgehead atoms. The van der Waals surface area contributed by atoms with Gasteiger partial charge in [-0.2, -0.15) is 0 Å². The van der Waals surface area contributed by atoms with Crippen molar-refractivity contribution in [3.8, 4) is 0 Å². The van der Waals surface area contributed by atoms with Crippen LogP contribution in [0.3, 0.4) is 0 Å². The first-order valence-electron chi connectivity index (χ1n) is 7.18. The summed E-state index contributed by atoms with van der Waals surface area (Å²) in [6.07, 6.45) is 4.84. The fraction of sp³-hybridized carbons (Fsp3) is 0.333. The molecule has 0 aliphatic heterocycles. The summed E-state index contributed by atoms with van der Waals surface area (Å²) in [4.78, 5) is 0. The summed E-state index contributed by atoms with van der Waals surface area (Å²) >= 11 is 0. The Labute approximate surface area is 119 Å². The molecule has 2 unspecified atom stereocenters. The molecule has 0 saturated carbocycles. The van der Waals surface area contributed by atoms with Gasteiger partial charge in [-0.1, -0.05) is 67.9 Å². The van der Waals surface area contributed by atoms with Crippen LogP contribution in [0.2, 0.25) is 0 Å². The van der Waals surface area contributed by atoms with Crippen LogP contribution in [-0.2, 0) is 12.8 Å². The largest absolute Gasteiger partial charge is 0.129 e. The van der Waals surface area contributed by atoms with Crippen LogP contribution in [0.15, 0.2) is 54.6 Å². The van der Waals surface area contributed by atoms with E-state index in [9.17, 15) is 0 Å². The Morgan fingerprint density at radius 2 is 1.58 bits per heavy atom. The number of hydrogen-bond donors (Lipinski definition) is 0. The van der Waals surface area contributed by atoms with Crippen LogP contribution in [0, 0.1) is 0 Å². The summed E-state index contributed by atoms with van der Waals surface area (Å²) in [5.41, 5.74) is 4.77. The zero-order chi connectivity index (χ0) is 13.5. The second kappa shape index (κ2) is 7.46. The lowest BCUT2D eigenvalue weighted by Gasteiger charge is -2.12. The van der Waals surface area contributed by atoms with Crippen molar-refractivity contribution in [3.63, 3.8) is 0 Å². The zero-order valence-electron chi connectivity index (χ0n) is 11.7. The third-order valence-corrected chi connectivity index (χ3v) is 4.15. The van der Waals surface area contributed by atoms with E-state index < -0.39 is 0 Å². The van der Waals surface area contributed by atoms with E-state index >= 15 is 0 Å². The number of benzene rings is 2. The fourth-order valence-electron chi connectivity index (χ4n) is 2.30. The molecule has 0 aliphatic carbocycles. The monoisotopic (exact) mass is 270 g/mol. The molecular formula is C18H23P. The molecule has 0 aliphatic rings. The lowest BCUT2D eigenvalue weighted by Crippen LogP contribution is -1.95. The van der Waals surface area contributed by atoms with Gasteiger partial charge in [0.15, 0.2) is 0 Å². The average Bonchev–Trinajstić information content (AvgIpc) is 2.46. The maximum absolute atomic E-state index is 2.97. The first-order chi connectivity index (χ1) is 9.29. The van der Waals surface area contributed by atoms with Crippen molar-refractivity contribution < 1.29 is 0 Å². The normalized spacial score (nSPS) is 12.3. The Hall–Kier alpha value is -1.13. The summed E-state index contributed by atoms with van der Waals surface area (Å²) in [6, 6.07) is 19.8. The first-order valence-corrected chi connectivity index (χ1v) is 7.84. The van der Waals surface area contributed by atoms with Gasteiger partial charge in [0.1, 0.15) is 0 Å². The third-order valence-electron chi connectivity index (χ3n) is 3.53. The molecule has 2 rings (SSSR count). The van der Waals surface area contributed by atoms with Crippen LogP contribution in [0.4, 0.5) is 0 Å². The number of unbranched alkanes of at least 4 members (excludes halogenated alkanes) is 1. The van der Waals surface area contributed by atoms with Crippen molar-refractivity contribution in [2.75, 3.05) is 0 Å². The number of rotatable bonds is 6. The Kier molecular flexibility index (Phi) is 5.61. The highest BCUT2D eigenvalue weighted by molar-refractivity contribution is 7.17. The van der Waals surface area contributed by atoms with Gasteiger partial charge in [0, 0.05) is 5.66 Å². The van der Waals surface area contributed by atoms with Gasteiger partial charge in [-0.05, 0) is 36.0 Å². The summed E-state index contributed by atoms with van der Waals surface area (Å²) < 4.78 is 0. The molecule has 0 nitrogen and oxygen atoms in total.